The van der Waals surface area contributed by atoms with Crippen LogP contribution in [0.3, 0.4) is 0 Å². The molecule has 1 saturated heterocycles. The summed E-state index contributed by atoms with van der Waals surface area (Å²) in [4.78, 5) is 6.50. The van der Waals surface area contributed by atoms with E-state index in [2.05, 4.69) is 22.1 Å². The molecule has 0 aromatic carbocycles. The lowest BCUT2D eigenvalue weighted by molar-refractivity contribution is 0.263. The van der Waals surface area contributed by atoms with Gasteiger partial charge in [-0.1, -0.05) is 6.92 Å². The van der Waals surface area contributed by atoms with E-state index in [9.17, 15) is 8.42 Å². The van der Waals surface area contributed by atoms with Crippen molar-refractivity contribution in [3.05, 3.63) is 18.3 Å². The Morgan fingerprint density at radius 1 is 1.38 bits per heavy atom. The number of nitrogens with one attached hydrogen (secondary N) is 1. The molecule has 0 aliphatic carbocycles. The molecule has 0 amide bonds. The first-order valence-corrected chi connectivity index (χ1v) is 8.66. The third-order valence-electron chi connectivity index (χ3n) is 3.93. The van der Waals surface area contributed by atoms with E-state index in [1.54, 1.807) is 16.4 Å². The van der Waals surface area contributed by atoms with Gasteiger partial charge in [-0.25, -0.2) is 13.4 Å². The maximum absolute atomic E-state index is 12.7. The van der Waals surface area contributed by atoms with Gasteiger partial charge in [0.25, 0.3) is 0 Å². The van der Waals surface area contributed by atoms with Gasteiger partial charge in [0.15, 0.2) is 0 Å². The first kappa shape index (κ1) is 16.2. The number of aromatic nitrogens is 1. The number of hydrogen-bond acceptors (Lipinski definition) is 5. The maximum atomic E-state index is 12.7. The van der Waals surface area contributed by atoms with Crippen LogP contribution >= 0.6 is 0 Å². The standard InChI is InChI=1S/C14H24N4O2S/c1-5-15-14-7-6-12(8-16-14)21(19,20)18-9-11(2)13(10-18)17(3)4/h6-8,11,13H,5,9-10H2,1-4H3,(H,15,16). The smallest absolute Gasteiger partial charge is 0.244 e. The highest BCUT2D eigenvalue weighted by atomic mass is 32.2. The van der Waals surface area contributed by atoms with E-state index in [-0.39, 0.29) is 10.9 Å². The summed E-state index contributed by atoms with van der Waals surface area (Å²) in [5.41, 5.74) is 0. The van der Waals surface area contributed by atoms with Crippen molar-refractivity contribution in [2.75, 3.05) is 39.0 Å². The molecule has 0 spiro atoms. The second-order valence-corrected chi connectivity index (χ2v) is 7.68. The van der Waals surface area contributed by atoms with E-state index >= 15 is 0 Å². The normalized spacial score (nSPS) is 23.7. The number of pyridine rings is 1. The predicted molar refractivity (Wildman–Crippen MR) is 83.8 cm³/mol. The molecule has 0 bridgehead atoms. The second kappa shape index (κ2) is 6.29. The largest absolute Gasteiger partial charge is 0.370 e. The molecule has 1 fully saturated rings. The van der Waals surface area contributed by atoms with Gasteiger partial charge in [0.2, 0.25) is 10.0 Å². The molecule has 2 rings (SSSR count). The van der Waals surface area contributed by atoms with E-state index in [1.807, 2.05) is 21.0 Å². The van der Waals surface area contributed by atoms with Gasteiger partial charge in [0, 0.05) is 31.9 Å². The molecule has 0 saturated carbocycles. The fourth-order valence-corrected chi connectivity index (χ4v) is 4.25. The molecule has 1 aromatic heterocycles. The molecule has 21 heavy (non-hydrogen) atoms. The van der Waals surface area contributed by atoms with E-state index in [4.69, 9.17) is 0 Å². The minimum atomic E-state index is -3.45. The molecule has 2 unspecified atom stereocenters. The minimum absolute atomic E-state index is 0.258. The van der Waals surface area contributed by atoms with Crippen molar-refractivity contribution in [2.45, 2.75) is 24.8 Å². The fraction of sp³-hybridized carbons (Fsp3) is 0.643. The zero-order valence-corrected chi connectivity index (χ0v) is 13.9. The first-order valence-electron chi connectivity index (χ1n) is 7.22. The van der Waals surface area contributed by atoms with Crippen molar-refractivity contribution in [1.29, 1.82) is 0 Å². The Kier molecular flexibility index (Phi) is 4.85. The van der Waals surface area contributed by atoms with Gasteiger partial charge in [0.05, 0.1) is 0 Å². The van der Waals surface area contributed by atoms with Crippen molar-refractivity contribution in [3.8, 4) is 0 Å². The quantitative estimate of drug-likeness (QED) is 0.881. The number of likely N-dealkylation sites (N-methyl/N-ethyl adjacent to an activating group) is 1. The topological polar surface area (TPSA) is 65.5 Å². The summed E-state index contributed by atoms with van der Waals surface area (Å²) in [6.07, 6.45) is 1.43. The lowest BCUT2D eigenvalue weighted by Gasteiger charge is -2.22. The van der Waals surface area contributed by atoms with E-state index < -0.39 is 10.0 Å². The van der Waals surface area contributed by atoms with Crippen LogP contribution in [-0.2, 0) is 10.0 Å². The van der Waals surface area contributed by atoms with Crippen molar-refractivity contribution in [3.63, 3.8) is 0 Å². The zero-order valence-electron chi connectivity index (χ0n) is 13.1. The number of nitrogens with zero attached hydrogens (tertiary/aromatic N) is 3. The minimum Gasteiger partial charge on any atom is -0.370 e. The van der Waals surface area contributed by atoms with E-state index in [0.717, 1.165) is 6.54 Å². The summed E-state index contributed by atoms with van der Waals surface area (Å²) in [6, 6.07) is 3.58. The van der Waals surface area contributed by atoms with Crippen molar-refractivity contribution >= 4 is 15.8 Å². The Balaban J connectivity index is 2.19. The second-order valence-electron chi connectivity index (χ2n) is 5.74. The molecule has 1 aliphatic heterocycles. The highest BCUT2D eigenvalue weighted by Crippen LogP contribution is 2.26. The molecule has 2 heterocycles. The van der Waals surface area contributed by atoms with Crippen molar-refractivity contribution in [2.24, 2.45) is 5.92 Å². The molecule has 118 valence electrons. The van der Waals surface area contributed by atoms with Crippen LogP contribution in [0.25, 0.3) is 0 Å². The third kappa shape index (κ3) is 3.36. The maximum Gasteiger partial charge on any atom is 0.244 e. The Morgan fingerprint density at radius 3 is 2.57 bits per heavy atom. The zero-order chi connectivity index (χ0) is 15.6. The summed E-state index contributed by atoms with van der Waals surface area (Å²) < 4.78 is 26.9. The molecular weight excluding hydrogens is 288 g/mol. The van der Waals surface area contributed by atoms with Gasteiger partial charge in [-0.2, -0.15) is 4.31 Å². The van der Waals surface area contributed by atoms with E-state index in [0.29, 0.717) is 24.8 Å². The molecule has 2 atom stereocenters. The van der Waals surface area contributed by atoms with Gasteiger partial charge < -0.3 is 10.2 Å². The summed E-state index contributed by atoms with van der Waals surface area (Å²) in [5, 5.41) is 3.06. The lowest BCUT2D eigenvalue weighted by Crippen LogP contribution is -2.35. The summed E-state index contributed by atoms with van der Waals surface area (Å²) in [7, 11) is 0.527. The highest BCUT2D eigenvalue weighted by molar-refractivity contribution is 7.89. The van der Waals surface area contributed by atoms with Crippen molar-refractivity contribution in [1.82, 2.24) is 14.2 Å². The van der Waals surface area contributed by atoms with Crippen molar-refractivity contribution < 1.29 is 8.42 Å². The number of anilines is 1. The van der Waals surface area contributed by atoms with Crippen LogP contribution in [-0.4, -0.2) is 62.4 Å². The van der Waals surface area contributed by atoms with Crippen LogP contribution in [0.2, 0.25) is 0 Å². The Labute approximate surface area is 127 Å². The highest BCUT2D eigenvalue weighted by Gasteiger charge is 2.38. The van der Waals surface area contributed by atoms with Crippen LogP contribution in [0.5, 0.6) is 0 Å². The Bertz CT molecular complexity index is 571. The Hall–Kier alpha value is -1.18. The van der Waals surface area contributed by atoms with Gasteiger partial charge in [-0.05, 0) is 39.1 Å². The molecule has 6 nitrogen and oxygen atoms in total. The van der Waals surface area contributed by atoms with Gasteiger partial charge in [-0.15, -0.1) is 0 Å². The molecule has 0 radical (unpaired) electrons. The number of rotatable bonds is 5. The Morgan fingerprint density at radius 2 is 2.10 bits per heavy atom. The van der Waals surface area contributed by atoms with Crippen LogP contribution in [0.15, 0.2) is 23.2 Å². The van der Waals surface area contributed by atoms with E-state index in [1.165, 1.54) is 6.20 Å². The van der Waals surface area contributed by atoms with Crippen LogP contribution in [0.1, 0.15) is 13.8 Å². The van der Waals surface area contributed by atoms with Gasteiger partial charge >= 0.3 is 0 Å². The molecule has 1 aliphatic rings. The lowest BCUT2D eigenvalue weighted by atomic mass is 10.1. The van der Waals surface area contributed by atoms with Crippen LogP contribution in [0.4, 0.5) is 5.82 Å². The summed E-state index contributed by atoms with van der Waals surface area (Å²) in [5.74, 6) is 1.01. The number of sulfonamides is 1. The van der Waals surface area contributed by atoms with Crippen LogP contribution < -0.4 is 5.32 Å². The number of hydrogen-bond donors (Lipinski definition) is 1. The SMILES string of the molecule is CCNc1ccc(S(=O)(=O)N2CC(C)C(N(C)C)C2)cn1. The van der Waals surface area contributed by atoms with Crippen LogP contribution in [0, 0.1) is 5.92 Å². The molecular formula is C14H24N4O2S. The summed E-state index contributed by atoms with van der Waals surface area (Å²) in [6.45, 7) is 5.91. The average Bonchev–Trinajstić information content (AvgIpc) is 2.83. The predicted octanol–water partition coefficient (Wildman–Crippen LogP) is 1.08. The first-order chi connectivity index (χ1) is 9.86. The van der Waals surface area contributed by atoms with Gasteiger partial charge in [-0.3, -0.25) is 0 Å². The molecule has 7 heteroatoms. The molecule has 1 aromatic rings. The monoisotopic (exact) mass is 312 g/mol. The summed E-state index contributed by atoms with van der Waals surface area (Å²) >= 11 is 0. The fourth-order valence-electron chi connectivity index (χ4n) is 2.74. The van der Waals surface area contributed by atoms with Gasteiger partial charge in [0.1, 0.15) is 10.7 Å². The average molecular weight is 312 g/mol. The third-order valence-corrected chi connectivity index (χ3v) is 5.75. The molecule has 1 N–H and O–H groups in total.